The first-order chi connectivity index (χ1) is 7.24. The Morgan fingerprint density at radius 2 is 2.20 bits per heavy atom. The van der Waals surface area contributed by atoms with Crippen LogP contribution in [0.5, 0.6) is 0 Å². The average Bonchev–Trinajstić information content (AvgIpc) is 2.72. The van der Waals surface area contributed by atoms with Crippen molar-refractivity contribution < 1.29 is 15.0 Å². The topological polar surface area (TPSA) is 60.8 Å². The van der Waals surface area contributed by atoms with Crippen molar-refractivity contribution in [3.63, 3.8) is 0 Å². The Kier molecular flexibility index (Phi) is 3.26. The molecule has 0 aromatic rings. The summed E-state index contributed by atoms with van der Waals surface area (Å²) in [6, 6.07) is -0.288. The lowest BCUT2D eigenvalue weighted by Gasteiger charge is -2.23. The smallest absolute Gasteiger partial charge is 0.321 e. The van der Waals surface area contributed by atoms with Gasteiger partial charge in [-0.2, -0.15) is 0 Å². The van der Waals surface area contributed by atoms with Crippen molar-refractivity contribution in [2.75, 3.05) is 19.7 Å². The molecular weight excluding hydrogens is 194 g/mol. The molecule has 3 atom stereocenters. The quantitative estimate of drug-likeness (QED) is 0.716. The molecule has 15 heavy (non-hydrogen) atoms. The molecule has 1 saturated carbocycles. The van der Waals surface area contributed by atoms with Gasteiger partial charge in [0.05, 0.1) is 0 Å². The van der Waals surface area contributed by atoms with Gasteiger partial charge in [0.15, 0.2) is 0 Å². The lowest BCUT2D eigenvalue weighted by atomic mass is 9.94. The fourth-order valence-corrected chi connectivity index (χ4v) is 3.24. The van der Waals surface area contributed by atoms with E-state index in [0.29, 0.717) is 18.3 Å². The van der Waals surface area contributed by atoms with E-state index in [1.54, 1.807) is 0 Å². The minimum Gasteiger partial charge on any atom is -0.480 e. The zero-order chi connectivity index (χ0) is 10.8. The molecule has 1 heterocycles. The molecule has 86 valence electrons. The maximum absolute atomic E-state index is 11.2. The fraction of sp³-hybridized carbons (Fsp3) is 0.909. The van der Waals surface area contributed by atoms with Crippen molar-refractivity contribution in [1.82, 2.24) is 4.90 Å². The molecule has 0 aromatic heterocycles. The Labute approximate surface area is 89.9 Å². The highest BCUT2D eigenvalue weighted by Crippen LogP contribution is 2.42. The molecule has 2 N–H and O–H groups in total. The number of carboxylic acid groups (broad SMARTS) is 1. The second kappa shape index (κ2) is 4.49. The molecule has 1 saturated heterocycles. The van der Waals surface area contributed by atoms with Gasteiger partial charge in [-0.3, -0.25) is 9.69 Å². The van der Waals surface area contributed by atoms with Gasteiger partial charge in [-0.15, -0.1) is 0 Å². The summed E-state index contributed by atoms with van der Waals surface area (Å²) in [6.07, 6.45) is 4.12. The fourth-order valence-electron chi connectivity index (χ4n) is 3.24. The Morgan fingerprint density at radius 1 is 1.40 bits per heavy atom. The number of carbonyl (C=O) groups is 1. The van der Waals surface area contributed by atoms with Gasteiger partial charge in [-0.05, 0) is 31.1 Å². The van der Waals surface area contributed by atoms with Crippen LogP contribution in [-0.4, -0.2) is 46.8 Å². The van der Waals surface area contributed by atoms with Crippen LogP contribution >= 0.6 is 0 Å². The number of rotatable bonds is 4. The molecular formula is C11H19NO3. The van der Waals surface area contributed by atoms with Crippen LogP contribution in [0.3, 0.4) is 0 Å². The summed E-state index contributed by atoms with van der Waals surface area (Å²) < 4.78 is 0. The standard InChI is InChI=1S/C11H19NO3/c13-6-2-5-12-7-8-3-1-4-9(8)10(12)11(14)15/h8-10,13H,1-7H2,(H,14,15). The van der Waals surface area contributed by atoms with E-state index < -0.39 is 5.97 Å². The van der Waals surface area contributed by atoms with Crippen LogP contribution in [0.25, 0.3) is 0 Å². The van der Waals surface area contributed by atoms with Crippen molar-refractivity contribution in [3.05, 3.63) is 0 Å². The van der Waals surface area contributed by atoms with Crippen LogP contribution in [0, 0.1) is 11.8 Å². The Bertz CT molecular complexity index is 244. The predicted molar refractivity (Wildman–Crippen MR) is 55.5 cm³/mol. The van der Waals surface area contributed by atoms with E-state index in [2.05, 4.69) is 0 Å². The molecule has 0 spiro atoms. The number of aliphatic carboxylic acids is 1. The predicted octanol–water partition coefficient (Wildman–Crippen LogP) is 0.554. The zero-order valence-corrected chi connectivity index (χ0v) is 8.93. The molecule has 0 radical (unpaired) electrons. The van der Waals surface area contributed by atoms with Crippen LogP contribution in [0.4, 0.5) is 0 Å². The maximum Gasteiger partial charge on any atom is 0.321 e. The SMILES string of the molecule is O=C(O)C1C2CCCC2CN1CCCO. The Hall–Kier alpha value is -0.610. The zero-order valence-electron chi connectivity index (χ0n) is 8.93. The number of hydrogen-bond donors (Lipinski definition) is 2. The first-order valence-corrected chi connectivity index (χ1v) is 5.81. The van der Waals surface area contributed by atoms with E-state index in [-0.39, 0.29) is 12.6 Å². The highest BCUT2D eigenvalue weighted by Gasteiger charge is 2.47. The van der Waals surface area contributed by atoms with Crippen LogP contribution in [0.1, 0.15) is 25.7 Å². The number of likely N-dealkylation sites (tertiary alicyclic amines) is 1. The van der Waals surface area contributed by atoms with Crippen molar-refractivity contribution in [1.29, 1.82) is 0 Å². The molecule has 0 aromatic carbocycles. The summed E-state index contributed by atoms with van der Waals surface area (Å²) in [5.41, 5.74) is 0. The van der Waals surface area contributed by atoms with Gasteiger partial charge >= 0.3 is 5.97 Å². The third-order valence-electron chi connectivity index (χ3n) is 3.84. The first-order valence-electron chi connectivity index (χ1n) is 5.81. The molecule has 1 aliphatic carbocycles. The number of fused-ring (bicyclic) bond motifs is 1. The van der Waals surface area contributed by atoms with Gasteiger partial charge in [0.25, 0.3) is 0 Å². The number of nitrogens with zero attached hydrogens (tertiary/aromatic N) is 1. The van der Waals surface area contributed by atoms with E-state index >= 15 is 0 Å². The largest absolute Gasteiger partial charge is 0.480 e. The second-order valence-electron chi connectivity index (χ2n) is 4.71. The van der Waals surface area contributed by atoms with Crippen molar-refractivity contribution in [2.45, 2.75) is 31.7 Å². The third kappa shape index (κ3) is 2.01. The molecule has 0 bridgehead atoms. The Morgan fingerprint density at radius 3 is 2.87 bits per heavy atom. The maximum atomic E-state index is 11.2. The average molecular weight is 213 g/mol. The van der Waals surface area contributed by atoms with Gasteiger partial charge in [-0.1, -0.05) is 6.42 Å². The van der Waals surface area contributed by atoms with Crippen molar-refractivity contribution >= 4 is 5.97 Å². The van der Waals surface area contributed by atoms with Gasteiger partial charge in [0.1, 0.15) is 6.04 Å². The summed E-state index contributed by atoms with van der Waals surface area (Å²) in [5, 5.41) is 18.0. The number of hydrogen-bond acceptors (Lipinski definition) is 3. The molecule has 0 amide bonds. The van der Waals surface area contributed by atoms with E-state index in [4.69, 9.17) is 5.11 Å². The van der Waals surface area contributed by atoms with E-state index in [0.717, 1.165) is 19.5 Å². The number of aliphatic hydroxyl groups is 1. The van der Waals surface area contributed by atoms with E-state index in [9.17, 15) is 9.90 Å². The molecule has 1 aliphatic heterocycles. The molecule has 4 heteroatoms. The summed E-state index contributed by atoms with van der Waals surface area (Å²) in [4.78, 5) is 13.3. The number of aliphatic hydroxyl groups excluding tert-OH is 1. The molecule has 4 nitrogen and oxygen atoms in total. The van der Waals surface area contributed by atoms with Crippen LogP contribution < -0.4 is 0 Å². The Balaban J connectivity index is 2.02. The summed E-state index contributed by atoms with van der Waals surface area (Å²) in [7, 11) is 0. The van der Waals surface area contributed by atoms with Gasteiger partial charge in [0.2, 0.25) is 0 Å². The number of carboxylic acids is 1. The minimum atomic E-state index is -0.678. The normalized spacial score (nSPS) is 35.7. The van der Waals surface area contributed by atoms with Crippen LogP contribution in [0.15, 0.2) is 0 Å². The van der Waals surface area contributed by atoms with Gasteiger partial charge < -0.3 is 10.2 Å². The van der Waals surface area contributed by atoms with Crippen molar-refractivity contribution in [2.24, 2.45) is 11.8 Å². The molecule has 2 rings (SSSR count). The summed E-state index contributed by atoms with van der Waals surface area (Å²) in [5.74, 6) is 0.272. The first kappa shape index (κ1) is 10.9. The summed E-state index contributed by atoms with van der Waals surface area (Å²) >= 11 is 0. The van der Waals surface area contributed by atoms with Gasteiger partial charge in [0, 0.05) is 19.7 Å². The van der Waals surface area contributed by atoms with Crippen LogP contribution in [-0.2, 0) is 4.79 Å². The third-order valence-corrected chi connectivity index (χ3v) is 3.84. The van der Waals surface area contributed by atoms with Crippen molar-refractivity contribution in [3.8, 4) is 0 Å². The van der Waals surface area contributed by atoms with Gasteiger partial charge in [-0.25, -0.2) is 0 Å². The highest BCUT2D eigenvalue weighted by molar-refractivity contribution is 5.74. The van der Waals surface area contributed by atoms with E-state index in [1.165, 1.54) is 12.8 Å². The molecule has 2 fully saturated rings. The molecule has 3 unspecified atom stereocenters. The highest BCUT2D eigenvalue weighted by atomic mass is 16.4. The van der Waals surface area contributed by atoms with E-state index in [1.807, 2.05) is 4.90 Å². The summed E-state index contributed by atoms with van der Waals surface area (Å²) in [6.45, 7) is 1.79. The van der Waals surface area contributed by atoms with Crippen LogP contribution in [0.2, 0.25) is 0 Å². The second-order valence-corrected chi connectivity index (χ2v) is 4.71. The minimum absolute atomic E-state index is 0.151. The lowest BCUT2D eigenvalue weighted by Crippen LogP contribution is -2.40. The molecule has 2 aliphatic rings. The lowest BCUT2D eigenvalue weighted by molar-refractivity contribution is -0.143. The monoisotopic (exact) mass is 213 g/mol.